The van der Waals surface area contributed by atoms with E-state index in [9.17, 15) is 18.9 Å². The van der Waals surface area contributed by atoms with Crippen molar-refractivity contribution in [2.45, 2.75) is 161 Å². The Morgan fingerprint density at radius 3 is 1.73 bits per heavy atom. The van der Waals surface area contributed by atoms with Crippen LogP contribution in [0.2, 0.25) is 0 Å². The summed E-state index contributed by atoms with van der Waals surface area (Å²) in [5, 5.41) is 2.78. The van der Waals surface area contributed by atoms with Crippen molar-refractivity contribution in [1.82, 2.24) is 5.32 Å². The van der Waals surface area contributed by atoms with Crippen LogP contribution in [-0.4, -0.2) is 84.6 Å². The summed E-state index contributed by atoms with van der Waals surface area (Å²) < 4.78 is 32.7. The summed E-state index contributed by atoms with van der Waals surface area (Å²) in [5.41, 5.74) is 0. The lowest BCUT2D eigenvalue weighted by Crippen LogP contribution is -2.32. The van der Waals surface area contributed by atoms with E-state index in [-0.39, 0.29) is 44.7 Å². The number of rotatable bonds is 37. The Kier molecular flexibility index (Phi) is 34.4. The standard InChI is InChI=1S/C36H70NO10PS/c1-3-5-7-9-11-13-15-17-19-22-34(39)45-26-21-30-49-31-24-33(38)37-25-27-46-36(32-44-28-29-48(41,42)43)47-35(40)23-20-18-16-14-12-10-8-6-4-2/h36H,3-32H2,1-2H3,(H,37,38)(H2,41,42,43). The summed E-state index contributed by atoms with van der Waals surface area (Å²) in [4.78, 5) is 54.5. The van der Waals surface area contributed by atoms with Crippen LogP contribution in [0, 0.1) is 0 Å². The van der Waals surface area contributed by atoms with Crippen LogP contribution in [0.1, 0.15) is 155 Å². The van der Waals surface area contributed by atoms with Crippen LogP contribution in [0.25, 0.3) is 0 Å². The summed E-state index contributed by atoms with van der Waals surface area (Å²) in [7, 11) is -4.20. The molecule has 0 saturated carbocycles. The Hall–Kier alpha value is -1.17. The molecule has 13 heteroatoms. The first-order valence-electron chi connectivity index (χ1n) is 19.1. The molecule has 11 nitrogen and oxygen atoms in total. The second-order valence-corrected chi connectivity index (χ2v) is 15.7. The maximum Gasteiger partial charge on any atom is 0.327 e. The maximum atomic E-state index is 12.4. The second-order valence-electron chi connectivity index (χ2n) is 12.7. The number of carbonyl (C=O) groups is 3. The molecular formula is C36H70NO10PS. The first-order chi connectivity index (χ1) is 23.7. The summed E-state index contributed by atoms with van der Waals surface area (Å²) in [6.07, 6.45) is 21.5. The van der Waals surface area contributed by atoms with Gasteiger partial charge in [-0.3, -0.25) is 18.9 Å². The molecule has 0 rings (SSSR count). The monoisotopic (exact) mass is 739 g/mol. The molecule has 0 aliphatic rings. The van der Waals surface area contributed by atoms with Crippen molar-refractivity contribution in [3.05, 3.63) is 0 Å². The fourth-order valence-electron chi connectivity index (χ4n) is 5.00. The Morgan fingerprint density at radius 1 is 0.653 bits per heavy atom. The highest BCUT2D eigenvalue weighted by molar-refractivity contribution is 7.99. The molecule has 0 aromatic heterocycles. The molecule has 0 aromatic carbocycles. The van der Waals surface area contributed by atoms with E-state index in [1.807, 2.05) is 0 Å². The van der Waals surface area contributed by atoms with Gasteiger partial charge in [0.05, 0.1) is 26.0 Å². The molecule has 0 bridgehead atoms. The highest BCUT2D eigenvalue weighted by Crippen LogP contribution is 2.33. The molecule has 0 spiro atoms. The lowest BCUT2D eigenvalue weighted by atomic mass is 10.1. The Labute approximate surface area is 301 Å². The number of hydrogen-bond donors (Lipinski definition) is 3. The van der Waals surface area contributed by atoms with Gasteiger partial charge in [0.25, 0.3) is 0 Å². The van der Waals surface area contributed by atoms with Crippen molar-refractivity contribution < 1.29 is 47.7 Å². The van der Waals surface area contributed by atoms with Gasteiger partial charge in [0.2, 0.25) is 12.2 Å². The van der Waals surface area contributed by atoms with Crippen molar-refractivity contribution in [1.29, 1.82) is 0 Å². The van der Waals surface area contributed by atoms with Gasteiger partial charge >= 0.3 is 19.5 Å². The summed E-state index contributed by atoms with van der Waals surface area (Å²) >= 11 is 1.63. The Bertz CT molecular complexity index is 845. The Morgan fingerprint density at radius 2 is 1.18 bits per heavy atom. The molecule has 0 aromatic rings. The molecule has 0 aliphatic carbocycles. The minimum absolute atomic E-state index is 0.0845. The van der Waals surface area contributed by atoms with Crippen molar-refractivity contribution >= 4 is 37.2 Å². The van der Waals surface area contributed by atoms with Crippen LogP contribution in [-0.2, 0) is 37.9 Å². The molecule has 0 saturated heterocycles. The topological polar surface area (TPSA) is 158 Å². The number of ether oxygens (including phenoxy) is 4. The number of carbonyl (C=O) groups excluding carboxylic acids is 3. The van der Waals surface area contributed by atoms with E-state index < -0.39 is 26.0 Å². The van der Waals surface area contributed by atoms with Gasteiger partial charge < -0.3 is 34.1 Å². The largest absolute Gasteiger partial charge is 0.466 e. The van der Waals surface area contributed by atoms with Crippen molar-refractivity contribution in [3.8, 4) is 0 Å². The third-order valence-corrected chi connectivity index (χ3v) is 9.75. The molecule has 3 N–H and O–H groups in total. The number of unbranched alkanes of at least 4 members (excludes halogenated alkanes) is 16. The molecule has 1 atom stereocenters. The third kappa shape index (κ3) is 37.9. The first-order valence-corrected chi connectivity index (χ1v) is 22.1. The second kappa shape index (κ2) is 35.2. The van der Waals surface area contributed by atoms with E-state index in [0.29, 0.717) is 25.2 Å². The van der Waals surface area contributed by atoms with Crippen LogP contribution < -0.4 is 5.32 Å². The zero-order valence-electron chi connectivity index (χ0n) is 30.8. The molecule has 290 valence electrons. The van der Waals surface area contributed by atoms with Gasteiger partial charge in [-0.15, -0.1) is 0 Å². The van der Waals surface area contributed by atoms with Gasteiger partial charge in [0, 0.05) is 31.6 Å². The average molecular weight is 740 g/mol. The van der Waals surface area contributed by atoms with Crippen LogP contribution in [0.15, 0.2) is 0 Å². The fraction of sp³-hybridized carbons (Fsp3) is 0.917. The highest BCUT2D eigenvalue weighted by atomic mass is 32.2. The van der Waals surface area contributed by atoms with E-state index in [2.05, 4.69) is 19.2 Å². The number of esters is 2. The predicted octanol–water partition coefficient (Wildman–Crippen LogP) is 8.08. The van der Waals surface area contributed by atoms with Gasteiger partial charge in [-0.1, -0.05) is 117 Å². The molecule has 1 amide bonds. The zero-order valence-corrected chi connectivity index (χ0v) is 32.5. The van der Waals surface area contributed by atoms with Crippen molar-refractivity contribution in [3.63, 3.8) is 0 Å². The summed E-state index contributed by atoms with van der Waals surface area (Å²) in [6.45, 7) is 4.77. The van der Waals surface area contributed by atoms with Gasteiger partial charge in [-0.2, -0.15) is 11.8 Å². The van der Waals surface area contributed by atoms with Crippen molar-refractivity contribution in [2.75, 3.05) is 50.6 Å². The minimum atomic E-state index is -4.20. The van der Waals surface area contributed by atoms with Crippen LogP contribution in [0.5, 0.6) is 0 Å². The van der Waals surface area contributed by atoms with Crippen LogP contribution in [0.4, 0.5) is 0 Å². The fourth-order valence-corrected chi connectivity index (χ4v) is 6.22. The molecule has 0 heterocycles. The molecule has 0 radical (unpaired) electrons. The van der Waals surface area contributed by atoms with Gasteiger partial charge in [-0.25, -0.2) is 0 Å². The first kappa shape index (κ1) is 47.8. The number of amides is 1. The number of thioether (sulfide) groups is 1. The lowest BCUT2D eigenvalue weighted by Gasteiger charge is -2.19. The zero-order chi connectivity index (χ0) is 36.3. The summed E-state index contributed by atoms with van der Waals surface area (Å²) in [5.74, 6) is 0.779. The third-order valence-electron chi connectivity index (χ3n) is 7.91. The Balaban J connectivity index is 3.99. The SMILES string of the molecule is CCCCCCCCCCCC(=O)OCCCSCCC(=O)NCCOC(COCCP(=O)(O)O)OC(=O)CCCCCCCCCCC. The molecular weight excluding hydrogens is 669 g/mol. The lowest BCUT2D eigenvalue weighted by molar-refractivity contribution is -0.190. The molecule has 49 heavy (non-hydrogen) atoms. The van der Waals surface area contributed by atoms with E-state index in [1.54, 1.807) is 11.8 Å². The van der Waals surface area contributed by atoms with Crippen LogP contribution >= 0.6 is 19.4 Å². The van der Waals surface area contributed by atoms with Gasteiger partial charge in [-0.05, 0) is 25.0 Å². The van der Waals surface area contributed by atoms with Crippen molar-refractivity contribution in [2.24, 2.45) is 0 Å². The summed E-state index contributed by atoms with van der Waals surface area (Å²) in [6, 6.07) is 0. The molecule has 1 unspecified atom stereocenters. The maximum absolute atomic E-state index is 12.4. The number of hydrogen-bond acceptors (Lipinski definition) is 9. The quantitative estimate of drug-likeness (QED) is 0.0245. The molecule has 0 aliphatic heterocycles. The minimum Gasteiger partial charge on any atom is -0.466 e. The van der Waals surface area contributed by atoms with E-state index in [4.69, 9.17) is 28.7 Å². The van der Waals surface area contributed by atoms with E-state index in [1.165, 1.54) is 83.5 Å². The van der Waals surface area contributed by atoms with E-state index >= 15 is 0 Å². The van der Waals surface area contributed by atoms with E-state index in [0.717, 1.165) is 44.3 Å². The smallest absolute Gasteiger partial charge is 0.327 e. The number of nitrogens with one attached hydrogen (secondary N) is 1. The normalized spacial score (nSPS) is 12.2. The average Bonchev–Trinajstić information content (AvgIpc) is 3.06. The van der Waals surface area contributed by atoms with Gasteiger partial charge in [0.15, 0.2) is 0 Å². The van der Waals surface area contributed by atoms with Gasteiger partial charge in [0.1, 0.15) is 6.61 Å². The molecule has 0 fully saturated rings. The van der Waals surface area contributed by atoms with Crippen LogP contribution in [0.3, 0.4) is 0 Å². The highest BCUT2D eigenvalue weighted by Gasteiger charge is 2.18. The predicted molar refractivity (Wildman–Crippen MR) is 198 cm³/mol.